The van der Waals surface area contributed by atoms with Gasteiger partial charge in [0.15, 0.2) is 6.29 Å². The first-order valence-corrected chi connectivity index (χ1v) is 31.4. The third kappa shape index (κ3) is 38.6. The highest BCUT2D eigenvalue weighted by molar-refractivity contribution is 5.80. The number of hydrogen-bond donors (Lipinski definition) is 8. The van der Waals surface area contributed by atoms with Crippen LogP contribution in [0.3, 0.4) is 0 Å². The SMILES string of the molecule is CCCCCCCCCCCCCCCCCCCCCCCCCCC(O)C(=O)NC(COC1OC(CO)C(O)C(O)C1O)C(O)C(O)CCCCCCCCCCCCCCCCCCCCCCC. The van der Waals surface area contributed by atoms with E-state index >= 15 is 0 Å². The van der Waals surface area contributed by atoms with E-state index in [1.54, 1.807) is 0 Å². The lowest BCUT2D eigenvalue weighted by Gasteiger charge is -2.40. The van der Waals surface area contributed by atoms with Crippen LogP contribution in [0.2, 0.25) is 0 Å². The molecular weight excluding hydrogens is 907 g/mol. The van der Waals surface area contributed by atoms with E-state index in [4.69, 9.17) is 9.47 Å². The summed E-state index contributed by atoms with van der Waals surface area (Å²) in [6.45, 7) is 3.51. The van der Waals surface area contributed by atoms with Gasteiger partial charge < -0.3 is 50.5 Å². The molecule has 0 bridgehead atoms. The number of carbonyl (C=O) groups is 1. The fourth-order valence-electron chi connectivity index (χ4n) is 10.6. The van der Waals surface area contributed by atoms with Gasteiger partial charge in [0.1, 0.15) is 36.6 Å². The van der Waals surface area contributed by atoms with Crippen LogP contribution in [0.5, 0.6) is 0 Å². The number of aliphatic hydroxyl groups is 7. The minimum absolute atomic E-state index is 0.267. The molecule has 11 heteroatoms. The summed E-state index contributed by atoms with van der Waals surface area (Å²) in [7, 11) is 0. The normalized spacial score (nSPS) is 19.9. The second kappa shape index (κ2) is 50.9. The van der Waals surface area contributed by atoms with Crippen molar-refractivity contribution in [3.05, 3.63) is 0 Å². The Morgan fingerprint density at radius 2 is 0.722 bits per heavy atom. The van der Waals surface area contributed by atoms with Crippen molar-refractivity contribution in [3.63, 3.8) is 0 Å². The van der Waals surface area contributed by atoms with Gasteiger partial charge in [0.05, 0.1) is 25.4 Å². The van der Waals surface area contributed by atoms with E-state index in [9.17, 15) is 40.5 Å². The molecule has 0 aliphatic carbocycles. The van der Waals surface area contributed by atoms with E-state index in [2.05, 4.69) is 19.2 Å². The van der Waals surface area contributed by atoms with Crippen LogP contribution in [0.1, 0.15) is 316 Å². The monoisotopic (exact) mass is 1030 g/mol. The third-order valence-corrected chi connectivity index (χ3v) is 15.7. The molecule has 11 nitrogen and oxygen atoms in total. The van der Waals surface area contributed by atoms with Gasteiger partial charge in [0, 0.05) is 0 Å². The zero-order valence-corrected chi connectivity index (χ0v) is 47.2. The number of nitrogens with one attached hydrogen (secondary N) is 1. The van der Waals surface area contributed by atoms with Crippen molar-refractivity contribution in [2.45, 2.75) is 371 Å². The molecule has 0 spiro atoms. The summed E-state index contributed by atoms with van der Waals surface area (Å²) in [6, 6.07) is -1.16. The van der Waals surface area contributed by atoms with Gasteiger partial charge >= 0.3 is 0 Å². The molecule has 1 aliphatic rings. The van der Waals surface area contributed by atoms with Crippen molar-refractivity contribution in [2.75, 3.05) is 13.2 Å². The van der Waals surface area contributed by atoms with E-state index in [1.165, 1.54) is 238 Å². The van der Waals surface area contributed by atoms with E-state index in [0.717, 1.165) is 38.5 Å². The molecule has 1 aliphatic heterocycles. The van der Waals surface area contributed by atoms with E-state index < -0.39 is 74.2 Å². The summed E-state index contributed by atoms with van der Waals surface area (Å²) in [6.07, 6.45) is 47.3. The van der Waals surface area contributed by atoms with Crippen LogP contribution in [0.25, 0.3) is 0 Å². The molecule has 1 saturated heterocycles. The molecule has 1 fully saturated rings. The molecule has 9 unspecified atom stereocenters. The molecule has 1 heterocycles. The lowest BCUT2D eigenvalue weighted by atomic mass is 9.98. The fourth-order valence-corrected chi connectivity index (χ4v) is 10.6. The first-order chi connectivity index (χ1) is 35.2. The van der Waals surface area contributed by atoms with Crippen LogP contribution in [0.15, 0.2) is 0 Å². The second-order valence-electron chi connectivity index (χ2n) is 22.5. The maximum atomic E-state index is 13.2. The lowest BCUT2D eigenvalue weighted by Crippen LogP contribution is -2.60. The van der Waals surface area contributed by atoms with Gasteiger partial charge in [-0.2, -0.15) is 0 Å². The number of aliphatic hydroxyl groups excluding tert-OH is 7. The number of carbonyl (C=O) groups excluding carboxylic acids is 1. The minimum Gasteiger partial charge on any atom is -0.394 e. The highest BCUT2D eigenvalue weighted by Gasteiger charge is 2.44. The van der Waals surface area contributed by atoms with Gasteiger partial charge in [-0.05, 0) is 12.8 Å². The van der Waals surface area contributed by atoms with Crippen LogP contribution in [-0.2, 0) is 14.3 Å². The molecule has 8 N–H and O–H groups in total. The van der Waals surface area contributed by atoms with Gasteiger partial charge in [0.25, 0.3) is 0 Å². The standard InChI is InChI=1S/C61H121NO10/c1-3-5-7-9-11-13-15-17-19-21-23-25-26-27-29-31-33-35-37-39-41-43-45-47-49-54(65)60(70)62-52(51-71-61-59(69)58(68)57(67)55(50-63)72-61)56(66)53(64)48-46-44-42-40-38-36-34-32-30-28-24-22-20-18-16-14-12-10-8-6-4-2/h52-59,61,63-69H,3-51H2,1-2H3,(H,62,70). The smallest absolute Gasteiger partial charge is 0.249 e. The largest absolute Gasteiger partial charge is 0.394 e. The molecule has 9 atom stereocenters. The Morgan fingerprint density at radius 1 is 0.431 bits per heavy atom. The first-order valence-electron chi connectivity index (χ1n) is 31.4. The Kier molecular flexibility index (Phi) is 48.9. The van der Waals surface area contributed by atoms with Crippen LogP contribution < -0.4 is 5.32 Å². The van der Waals surface area contributed by atoms with Crippen LogP contribution >= 0.6 is 0 Å². The van der Waals surface area contributed by atoms with Crippen LogP contribution in [0.4, 0.5) is 0 Å². The van der Waals surface area contributed by atoms with Gasteiger partial charge in [-0.3, -0.25) is 4.79 Å². The summed E-state index contributed by atoms with van der Waals surface area (Å²) < 4.78 is 11.2. The highest BCUT2D eigenvalue weighted by Crippen LogP contribution is 2.24. The van der Waals surface area contributed by atoms with Gasteiger partial charge in [0.2, 0.25) is 5.91 Å². The maximum absolute atomic E-state index is 13.2. The summed E-state index contributed by atoms with van der Waals surface area (Å²) in [4.78, 5) is 13.2. The average Bonchev–Trinajstić information content (AvgIpc) is 3.38. The number of rotatable bonds is 55. The number of unbranched alkanes of at least 4 members (excludes halogenated alkanes) is 43. The Morgan fingerprint density at radius 3 is 1.03 bits per heavy atom. The fraction of sp³-hybridized carbons (Fsp3) is 0.984. The van der Waals surface area contributed by atoms with Crippen molar-refractivity contribution >= 4 is 5.91 Å². The predicted molar refractivity (Wildman–Crippen MR) is 298 cm³/mol. The molecule has 0 saturated carbocycles. The third-order valence-electron chi connectivity index (χ3n) is 15.7. The molecule has 72 heavy (non-hydrogen) atoms. The highest BCUT2D eigenvalue weighted by atomic mass is 16.7. The summed E-state index contributed by atoms with van der Waals surface area (Å²) in [5.74, 6) is -0.688. The number of hydrogen-bond acceptors (Lipinski definition) is 10. The van der Waals surface area contributed by atoms with Crippen molar-refractivity contribution in [1.29, 1.82) is 0 Å². The van der Waals surface area contributed by atoms with Gasteiger partial charge in [-0.15, -0.1) is 0 Å². The van der Waals surface area contributed by atoms with Crippen molar-refractivity contribution in [2.24, 2.45) is 0 Å². The summed E-state index contributed by atoms with van der Waals surface area (Å²) in [5, 5.41) is 76.3. The average molecular weight is 1030 g/mol. The predicted octanol–water partition coefficient (Wildman–Crippen LogP) is 13.7. The zero-order chi connectivity index (χ0) is 52.5. The van der Waals surface area contributed by atoms with E-state index in [0.29, 0.717) is 19.3 Å². The number of ether oxygens (including phenoxy) is 2. The Labute approximate surface area is 443 Å². The Balaban J connectivity index is 2.25. The second-order valence-corrected chi connectivity index (χ2v) is 22.5. The Hall–Kier alpha value is -0.890. The lowest BCUT2D eigenvalue weighted by molar-refractivity contribution is -0.303. The number of amides is 1. The molecule has 1 rings (SSSR count). The molecule has 0 aromatic carbocycles. The van der Waals surface area contributed by atoms with Crippen molar-refractivity contribution in [1.82, 2.24) is 5.32 Å². The maximum Gasteiger partial charge on any atom is 0.249 e. The molecule has 0 aromatic heterocycles. The minimum atomic E-state index is -1.66. The van der Waals surface area contributed by atoms with Crippen LogP contribution in [0, 0.1) is 0 Å². The topological polar surface area (TPSA) is 189 Å². The van der Waals surface area contributed by atoms with Crippen molar-refractivity contribution in [3.8, 4) is 0 Å². The molecule has 0 aromatic rings. The summed E-state index contributed by atoms with van der Waals surface area (Å²) >= 11 is 0. The molecule has 1 amide bonds. The van der Waals surface area contributed by atoms with Gasteiger partial charge in [-0.25, -0.2) is 0 Å². The van der Waals surface area contributed by atoms with E-state index in [-0.39, 0.29) is 6.42 Å². The first kappa shape index (κ1) is 69.1. The summed E-state index contributed by atoms with van der Waals surface area (Å²) in [5.41, 5.74) is 0. The van der Waals surface area contributed by atoms with Gasteiger partial charge in [-0.1, -0.05) is 303 Å². The molecular formula is C61H121NO10. The quantitative estimate of drug-likeness (QED) is 0.0272. The van der Waals surface area contributed by atoms with Crippen LogP contribution in [-0.4, -0.2) is 110 Å². The zero-order valence-electron chi connectivity index (χ0n) is 47.2. The Bertz CT molecular complexity index is 1130. The molecule has 0 radical (unpaired) electrons. The molecule has 430 valence electrons. The van der Waals surface area contributed by atoms with Crippen molar-refractivity contribution < 1.29 is 50.0 Å². The van der Waals surface area contributed by atoms with E-state index in [1.807, 2.05) is 0 Å².